The summed E-state index contributed by atoms with van der Waals surface area (Å²) >= 11 is 14.6. The van der Waals surface area contributed by atoms with Crippen molar-refractivity contribution in [3.63, 3.8) is 0 Å². The Hall–Kier alpha value is -10.1. The van der Waals surface area contributed by atoms with Crippen LogP contribution in [-0.4, -0.2) is 193 Å². The lowest BCUT2D eigenvalue weighted by Gasteiger charge is -2.54. The van der Waals surface area contributed by atoms with Gasteiger partial charge in [-0.3, -0.25) is 43.7 Å². The summed E-state index contributed by atoms with van der Waals surface area (Å²) in [4.78, 5) is 140. The van der Waals surface area contributed by atoms with Crippen molar-refractivity contribution >= 4 is 81.8 Å². The fourth-order valence-electron chi connectivity index (χ4n) is 19.2. The minimum Gasteiger partial charge on any atom is -0.508 e. The van der Waals surface area contributed by atoms with Crippen molar-refractivity contribution in [2.75, 3.05) is 32.1 Å². The van der Waals surface area contributed by atoms with E-state index in [1.165, 1.54) is 68.4 Å². The number of hydrogen-bond acceptors (Lipinski definition) is 27. The number of imide groups is 1. The van der Waals surface area contributed by atoms with Gasteiger partial charge in [0.25, 0.3) is 0 Å². The van der Waals surface area contributed by atoms with E-state index in [9.17, 15) is 60.3 Å². The number of phenolic OH excluding ortho intramolecular Hbond substituents is 3. The molecule has 7 aliphatic heterocycles. The molecular weight excluding hydrogens is 1660 g/mol. The van der Waals surface area contributed by atoms with E-state index in [2.05, 4.69) is 37.2 Å². The molecule has 18 atom stereocenters. The number of aliphatic hydroxyl groups is 6. The predicted octanol–water partition coefficient (Wildman–Crippen LogP) is 7.93. The maximum absolute atomic E-state index is 16.8. The van der Waals surface area contributed by atoms with Crippen LogP contribution in [0.25, 0.3) is 11.1 Å². The summed E-state index contributed by atoms with van der Waals surface area (Å²) in [5, 5.41) is 125. The van der Waals surface area contributed by atoms with Gasteiger partial charge < -0.3 is 117 Å². The number of carbonyl (C=O) groups excluding carboxylic acids is 9. The number of likely N-dealkylation sites (N-methyl/N-ethyl adjacent to an activating group) is 1. The van der Waals surface area contributed by atoms with Gasteiger partial charge in [-0.15, -0.1) is 0 Å². The van der Waals surface area contributed by atoms with Crippen LogP contribution in [0.3, 0.4) is 0 Å². The van der Waals surface area contributed by atoms with Crippen molar-refractivity contribution in [3.8, 4) is 62.9 Å². The summed E-state index contributed by atoms with van der Waals surface area (Å²) < 4.78 is 45.0. The van der Waals surface area contributed by atoms with Crippen LogP contribution >= 0.6 is 23.2 Å². The Bertz CT molecular complexity index is 5070. The van der Waals surface area contributed by atoms with Gasteiger partial charge in [-0.05, 0) is 208 Å². The molecule has 670 valence electrons. The molecule has 4 saturated carbocycles. The smallest absolute Gasteiger partial charge is 0.325 e. The predicted molar refractivity (Wildman–Crippen MR) is 449 cm³/mol. The van der Waals surface area contributed by atoms with Crippen molar-refractivity contribution in [1.29, 1.82) is 0 Å². The molecule has 7 amide bonds. The van der Waals surface area contributed by atoms with Gasteiger partial charge in [0.05, 0.1) is 40.7 Å². The highest BCUT2D eigenvalue weighted by molar-refractivity contribution is 6.32. The number of benzene rings is 6. The molecule has 33 nitrogen and oxygen atoms in total. The van der Waals surface area contributed by atoms with E-state index < -0.39 is 228 Å². The third-order valence-electron chi connectivity index (χ3n) is 25.5. The first-order chi connectivity index (χ1) is 59.5. The number of aromatic hydroxyl groups is 3. The zero-order valence-electron chi connectivity index (χ0n) is 69.6. The highest BCUT2D eigenvalue weighted by Gasteiger charge is 2.53. The molecule has 6 aromatic rings. The monoisotopic (exact) mass is 1770 g/mol. The molecule has 0 spiro atoms. The molecule has 11 aliphatic rings. The molecule has 125 heavy (non-hydrogen) atoms. The Balaban J connectivity index is 0.955. The molecule has 35 heteroatoms. The Morgan fingerprint density at radius 3 is 1.96 bits per heavy atom. The molecule has 17 rings (SSSR count). The van der Waals surface area contributed by atoms with E-state index in [4.69, 9.17) is 62.1 Å². The van der Waals surface area contributed by atoms with Crippen molar-refractivity contribution in [2.45, 2.75) is 209 Å². The number of halogens is 2. The summed E-state index contributed by atoms with van der Waals surface area (Å²) in [6.45, 7) is 8.39. The summed E-state index contributed by atoms with van der Waals surface area (Å²) in [5.74, 6) is -15.9. The Labute approximate surface area is 730 Å². The van der Waals surface area contributed by atoms with E-state index in [1.807, 2.05) is 13.8 Å². The maximum atomic E-state index is 16.8. The lowest BCUT2D eigenvalue weighted by molar-refractivity contribution is -0.333. The number of phenols is 3. The minimum absolute atomic E-state index is 0.0562. The van der Waals surface area contributed by atoms with Crippen LogP contribution in [0.2, 0.25) is 10.0 Å². The number of Topliss-reactive ketones (excluding diaryl/α,β-unsaturated/α-hetero) is 3. The molecule has 6 fully saturated rings. The second-order valence-electron chi connectivity index (χ2n) is 35.0. The van der Waals surface area contributed by atoms with Crippen LogP contribution in [0.1, 0.15) is 170 Å². The number of carbonyl (C=O) groups is 9. The Kier molecular flexibility index (Phi) is 27.9. The average Bonchev–Trinajstić information content (AvgIpc) is 0.731. The van der Waals surface area contributed by atoms with Gasteiger partial charge in [-0.2, -0.15) is 0 Å². The molecule has 0 radical (unpaired) electrons. The van der Waals surface area contributed by atoms with Crippen molar-refractivity contribution in [3.05, 3.63) is 141 Å². The third kappa shape index (κ3) is 20.0. The van der Waals surface area contributed by atoms with Crippen molar-refractivity contribution in [2.24, 2.45) is 53.1 Å². The van der Waals surface area contributed by atoms with Gasteiger partial charge >= 0.3 is 6.03 Å². The van der Waals surface area contributed by atoms with Gasteiger partial charge in [0, 0.05) is 73.0 Å². The number of ketones is 3. The first-order valence-corrected chi connectivity index (χ1v) is 43.0. The van der Waals surface area contributed by atoms with E-state index in [0.717, 1.165) is 68.5 Å². The number of amides is 7. The molecule has 4 aliphatic carbocycles. The number of urea groups is 1. The van der Waals surface area contributed by atoms with E-state index >= 15 is 28.8 Å². The van der Waals surface area contributed by atoms with Gasteiger partial charge in [-0.1, -0.05) is 62.2 Å². The fraction of sp³-hybridized carbons (Fsp3) is 0.500. The number of nitrogens with two attached hydrogens (primary N) is 1. The number of fused-ring (bicyclic) bond motifs is 15. The van der Waals surface area contributed by atoms with Crippen LogP contribution in [-0.2, 0) is 52.6 Å². The largest absolute Gasteiger partial charge is 0.508 e. The summed E-state index contributed by atoms with van der Waals surface area (Å²) in [6, 6.07) is 12.0. The molecule has 2 saturated heterocycles. The molecular formula is C90H106Cl2N8O25. The molecule has 6 aromatic carbocycles. The number of anilines is 1. The maximum Gasteiger partial charge on any atom is 0.325 e. The van der Waals surface area contributed by atoms with Gasteiger partial charge in [0.15, 0.2) is 41.2 Å². The lowest BCUT2D eigenvalue weighted by atomic mass is 9.51. The number of ether oxygens (including phenoxy) is 7. The van der Waals surface area contributed by atoms with E-state index in [1.54, 1.807) is 26.1 Å². The zero-order valence-corrected chi connectivity index (χ0v) is 71.1. The summed E-state index contributed by atoms with van der Waals surface area (Å²) in [5.41, 5.74) is 3.69. The van der Waals surface area contributed by atoms with Gasteiger partial charge in [0.2, 0.25) is 41.6 Å². The standard InChI is InChI=1S/C90H106Cl2N8O25/c1-7-43(20-39(2)3)84(114)99-75-62(105)29-50(32-70(108)96-89(118)95-51-11-13-53(14-12-51)119-19-18-94-6)85(115)97-73-49-30-67(121-65-16-9-45(77(75)109)27-58(65)91)81(125-88-82(80(112)79(111)69(38-101)123-88)124-71-37-90(5,93)83(113)40(4)120-71)68(31-49)122-66-17-10-46(28-59(66)92)78(110)76-87(117)98-74(64(107)35-54-47-22-41-21-42(24-47)25-48(54)23-41)57-33-52(102)34-61(104)72(57)56-26-44(8-15-60(56)103)55(36-63(73)106)86(116)100-76/h8-17,26-28,30-31,33-34,39-43,47-48,50,54-55,69,71,73-80,82-83,88,94,101-104,109-113H,7,18-25,29,32,35-38,93H2,1-6H3,(H,97,115)(H,98,117)(H,99,114)(H,100,116)(H2,95,96,108,118)/t40-,41?,42?,43+,47?,48?,50-,54?,55+,69+,71-,73+,74-,75-,76-,77+,78+,79+,80-,82+,83+,88-,90-/m0/s1. The number of nitrogens with one attached hydrogen (secondary N) is 7. The zero-order chi connectivity index (χ0) is 89.5. The molecule has 7 heterocycles. The van der Waals surface area contributed by atoms with Crippen molar-refractivity contribution in [1.82, 2.24) is 31.9 Å². The second kappa shape index (κ2) is 38.2. The highest BCUT2D eigenvalue weighted by atomic mass is 35.5. The highest BCUT2D eigenvalue weighted by Crippen LogP contribution is 2.59. The first kappa shape index (κ1) is 91.1. The fourth-order valence-corrected chi connectivity index (χ4v) is 19.7. The quantitative estimate of drug-likeness (QED) is 0.0322. The number of aliphatic hydroxyl groups excluding tert-OH is 6. The van der Waals surface area contributed by atoms with Crippen LogP contribution in [0, 0.1) is 47.3 Å². The number of hydrogen-bond donors (Lipinski definition) is 17. The molecule has 0 aromatic heterocycles. The first-order valence-electron chi connectivity index (χ1n) is 42.3. The van der Waals surface area contributed by atoms with Crippen molar-refractivity contribution < 1.29 is 122 Å². The molecule has 0 unspecified atom stereocenters. The lowest BCUT2D eigenvalue weighted by Crippen LogP contribution is -2.64. The van der Waals surface area contributed by atoms with E-state index in [-0.39, 0.29) is 104 Å². The third-order valence-corrected chi connectivity index (χ3v) is 26.1. The average molecular weight is 1770 g/mol. The second-order valence-corrected chi connectivity index (χ2v) is 35.8. The molecule has 18 N–H and O–H groups in total. The summed E-state index contributed by atoms with van der Waals surface area (Å²) in [6.07, 6.45) is -15.7. The van der Waals surface area contributed by atoms with E-state index in [0.29, 0.717) is 37.2 Å². The van der Waals surface area contributed by atoms with Gasteiger partial charge in [0.1, 0.15) is 95.8 Å². The SMILES string of the molecule is CC[C@H](CC(C)C)C(=O)N[C@H]1C(=O)C[C@@H](CC(=O)NC(=O)Nc2ccc(OCCNC)cc2)C(=O)N[C@H]2C(=O)C[C@H]3C(=O)N[C@H](C(=O)N[C@H](C(=O)CC4C5CC6CC(C5)CC4C6)c4cc(O)cc(O)c4-c4cc3ccc4O)[C@H](O)c3ccc(c(Cl)c3)Oc3cc2cc(c3O[C@@H]2O[C@H](CO)[C@@H](O)[C@H](O)[C@H]2O[C@H]2C[C@](C)(N)[C@H](O)[C@H](C)O2)Oc2ccc(cc2Cl)[C@H]1O. The van der Waals surface area contributed by atoms with Gasteiger partial charge in [-0.25, -0.2) is 4.79 Å². The van der Waals surface area contributed by atoms with Crippen LogP contribution in [0.4, 0.5) is 10.5 Å². The Morgan fingerprint density at radius 1 is 0.696 bits per heavy atom. The Morgan fingerprint density at radius 2 is 1.34 bits per heavy atom. The topological polar surface area (TPSA) is 511 Å². The molecule has 15 bridgehead atoms. The summed E-state index contributed by atoms with van der Waals surface area (Å²) in [7, 11) is 1.75. The van der Waals surface area contributed by atoms with Crippen LogP contribution in [0.15, 0.2) is 103 Å². The van der Waals surface area contributed by atoms with Crippen LogP contribution < -0.4 is 61.9 Å². The minimum atomic E-state index is -2.26. The normalized spacial score (nSPS) is 30.5. The van der Waals surface area contributed by atoms with Crippen LogP contribution in [0.5, 0.6) is 51.7 Å². The number of rotatable bonds is 20.